The second-order valence-corrected chi connectivity index (χ2v) is 3.10. The van der Waals surface area contributed by atoms with Crippen molar-refractivity contribution in [2.45, 2.75) is 13.8 Å². The van der Waals surface area contributed by atoms with Gasteiger partial charge in [0.1, 0.15) is 0 Å². The van der Waals surface area contributed by atoms with Crippen LogP contribution >= 0.6 is 11.8 Å². The maximum absolute atomic E-state index is 8.11. The minimum Gasteiger partial charge on any atom is -0.197 e. The molecule has 46 valence electrons. The van der Waals surface area contributed by atoms with E-state index in [2.05, 4.69) is 19.9 Å². The highest BCUT2D eigenvalue weighted by molar-refractivity contribution is 7.99. The smallest absolute Gasteiger partial charge is 0.0808 e. The van der Waals surface area contributed by atoms with Gasteiger partial charge in [0.15, 0.2) is 0 Å². The van der Waals surface area contributed by atoms with Crippen LogP contribution in [0.25, 0.3) is 0 Å². The van der Waals surface area contributed by atoms with Crippen LogP contribution in [-0.4, -0.2) is 11.5 Å². The first-order valence-electron chi connectivity index (χ1n) is 2.72. The standard InChI is InChI=1S/C6H11NS/c1-6(2)5-8-4-3-7/h6H,4-5H2,1-2H3. The van der Waals surface area contributed by atoms with Crippen molar-refractivity contribution in [3.05, 3.63) is 0 Å². The first-order chi connectivity index (χ1) is 3.77. The number of rotatable bonds is 3. The minimum absolute atomic E-state index is 0.637. The van der Waals surface area contributed by atoms with Crippen LogP contribution in [0.4, 0.5) is 0 Å². The van der Waals surface area contributed by atoms with Crippen LogP contribution in [0, 0.1) is 17.2 Å². The first-order valence-corrected chi connectivity index (χ1v) is 3.87. The molecule has 0 rings (SSSR count). The van der Waals surface area contributed by atoms with Gasteiger partial charge in [0, 0.05) is 0 Å². The molecule has 0 spiro atoms. The number of hydrogen-bond donors (Lipinski definition) is 0. The van der Waals surface area contributed by atoms with Gasteiger partial charge in [-0.2, -0.15) is 5.26 Å². The van der Waals surface area contributed by atoms with Crippen molar-refractivity contribution in [3.8, 4) is 6.07 Å². The Hall–Kier alpha value is -0.160. The van der Waals surface area contributed by atoms with Gasteiger partial charge >= 0.3 is 0 Å². The Bertz CT molecular complexity index is 83.0. The quantitative estimate of drug-likeness (QED) is 0.543. The molecular weight excluding hydrogens is 118 g/mol. The maximum atomic E-state index is 8.11. The molecule has 0 aromatic rings. The van der Waals surface area contributed by atoms with Crippen LogP contribution in [0.2, 0.25) is 0 Å². The van der Waals surface area contributed by atoms with Crippen LogP contribution in [0.1, 0.15) is 13.8 Å². The Balaban J connectivity index is 2.85. The molecule has 0 aliphatic rings. The summed E-state index contributed by atoms with van der Waals surface area (Å²) in [6.45, 7) is 4.31. The molecule has 0 atom stereocenters. The van der Waals surface area contributed by atoms with E-state index in [1.165, 1.54) is 0 Å². The summed E-state index contributed by atoms with van der Waals surface area (Å²) >= 11 is 1.70. The van der Waals surface area contributed by atoms with Crippen molar-refractivity contribution in [2.24, 2.45) is 5.92 Å². The molecule has 2 heteroatoms. The van der Waals surface area contributed by atoms with E-state index in [0.29, 0.717) is 11.7 Å². The molecule has 0 unspecified atom stereocenters. The van der Waals surface area contributed by atoms with Gasteiger partial charge in [0.2, 0.25) is 0 Å². The van der Waals surface area contributed by atoms with Gasteiger partial charge in [-0.25, -0.2) is 0 Å². The fourth-order valence-corrected chi connectivity index (χ4v) is 1.02. The molecule has 0 radical (unpaired) electrons. The van der Waals surface area contributed by atoms with E-state index in [1.807, 2.05) is 0 Å². The van der Waals surface area contributed by atoms with Gasteiger partial charge in [-0.1, -0.05) is 13.8 Å². The van der Waals surface area contributed by atoms with Crippen molar-refractivity contribution < 1.29 is 0 Å². The number of hydrogen-bond acceptors (Lipinski definition) is 2. The monoisotopic (exact) mass is 129 g/mol. The molecule has 0 aromatic heterocycles. The Morgan fingerprint density at radius 2 is 2.25 bits per heavy atom. The summed E-state index contributed by atoms with van der Waals surface area (Å²) in [5.41, 5.74) is 0. The van der Waals surface area contributed by atoms with Gasteiger partial charge in [0.05, 0.1) is 11.8 Å². The summed E-state index contributed by atoms with van der Waals surface area (Å²) < 4.78 is 0. The largest absolute Gasteiger partial charge is 0.197 e. The van der Waals surface area contributed by atoms with E-state index in [1.54, 1.807) is 11.8 Å². The molecule has 8 heavy (non-hydrogen) atoms. The molecule has 0 aliphatic carbocycles. The highest BCUT2D eigenvalue weighted by Crippen LogP contribution is 2.05. The average Bonchev–Trinajstić information content (AvgIpc) is 1.66. The molecular formula is C6H11NS. The second-order valence-electron chi connectivity index (χ2n) is 2.07. The van der Waals surface area contributed by atoms with Crippen LogP contribution in [-0.2, 0) is 0 Å². The predicted molar refractivity (Wildman–Crippen MR) is 37.8 cm³/mol. The van der Waals surface area contributed by atoms with E-state index in [-0.39, 0.29) is 0 Å². The van der Waals surface area contributed by atoms with Crippen molar-refractivity contribution in [1.29, 1.82) is 5.26 Å². The number of nitrogens with zero attached hydrogens (tertiary/aromatic N) is 1. The zero-order chi connectivity index (χ0) is 6.41. The zero-order valence-electron chi connectivity index (χ0n) is 5.35. The average molecular weight is 129 g/mol. The Morgan fingerprint density at radius 3 is 2.62 bits per heavy atom. The number of thioether (sulfide) groups is 1. The highest BCUT2D eigenvalue weighted by Gasteiger charge is 1.90. The Kier molecular flexibility index (Phi) is 4.89. The third-order valence-corrected chi connectivity index (χ3v) is 1.85. The maximum Gasteiger partial charge on any atom is 0.0808 e. The predicted octanol–water partition coefficient (Wildman–Crippen LogP) is 1.90. The van der Waals surface area contributed by atoms with Gasteiger partial charge in [-0.05, 0) is 11.7 Å². The summed E-state index contributed by atoms with van der Waals surface area (Å²) in [4.78, 5) is 0. The van der Waals surface area contributed by atoms with Crippen LogP contribution in [0.5, 0.6) is 0 Å². The number of nitriles is 1. The van der Waals surface area contributed by atoms with E-state index < -0.39 is 0 Å². The van der Waals surface area contributed by atoms with E-state index in [4.69, 9.17) is 5.26 Å². The van der Waals surface area contributed by atoms with E-state index >= 15 is 0 Å². The first kappa shape index (κ1) is 7.84. The van der Waals surface area contributed by atoms with Gasteiger partial charge in [-0.3, -0.25) is 0 Å². The molecule has 0 bridgehead atoms. The second kappa shape index (κ2) is 4.99. The van der Waals surface area contributed by atoms with E-state index in [0.717, 1.165) is 5.75 Å². The summed E-state index contributed by atoms with van der Waals surface area (Å²) in [5, 5.41) is 8.11. The lowest BCUT2D eigenvalue weighted by Crippen LogP contribution is -1.90. The fourth-order valence-electron chi connectivity index (χ4n) is 0.340. The third-order valence-electron chi connectivity index (χ3n) is 0.618. The van der Waals surface area contributed by atoms with Gasteiger partial charge in [-0.15, -0.1) is 11.8 Å². The topological polar surface area (TPSA) is 23.8 Å². The van der Waals surface area contributed by atoms with E-state index in [9.17, 15) is 0 Å². The lowest BCUT2D eigenvalue weighted by atomic mass is 10.3. The van der Waals surface area contributed by atoms with Crippen LogP contribution in [0.3, 0.4) is 0 Å². The van der Waals surface area contributed by atoms with Gasteiger partial charge in [0.25, 0.3) is 0 Å². The summed E-state index contributed by atoms with van der Waals surface area (Å²) in [7, 11) is 0. The molecule has 0 aliphatic heterocycles. The third kappa shape index (κ3) is 5.84. The lowest BCUT2D eigenvalue weighted by Gasteiger charge is -1.98. The summed E-state index contributed by atoms with van der Waals surface area (Å²) in [6, 6.07) is 2.09. The van der Waals surface area contributed by atoms with Crippen molar-refractivity contribution in [3.63, 3.8) is 0 Å². The fraction of sp³-hybridized carbons (Fsp3) is 0.833. The molecule has 0 aromatic carbocycles. The van der Waals surface area contributed by atoms with Gasteiger partial charge < -0.3 is 0 Å². The van der Waals surface area contributed by atoms with Crippen molar-refractivity contribution in [1.82, 2.24) is 0 Å². The zero-order valence-corrected chi connectivity index (χ0v) is 6.16. The molecule has 0 saturated heterocycles. The molecule has 0 N–H and O–H groups in total. The van der Waals surface area contributed by atoms with Crippen molar-refractivity contribution in [2.75, 3.05) is 11.5 Å². The molecule has 0 saturated carbocycles. The normalized spacial score (nSPS) is 9.25. The molecule has 0 amide bonds. The van der Waals surface area contributed by atoms with Crippen LogP contribution in [0.15, 0.2) is 0 Å². The lowest BCUT2D eigenvalue weighted by molar-refractivity contribution is 0.751. The van der Waals surface area contributed by atoms with Crippen LogP contribution < -0.4 is 0 Å². The summed E-state index contributed by atoms with van der Waals surface area (Å²) in [5.74, 6) is 2.46. The summed E-state index contributed by atoms with van der Waals surface area (Å²) in [6.07, 6.45) is 0. The Labute approximate surface area is 55.1 Å². The molecule has 0 heterocycles. The Morgan fingerprint density at radius 1 is 1.62 bits per heavy atom. The SMILES string of the molecule is CC(C)CSCC#N. The van der Waals surface area contributed by atoms with Crippen molar-refractivity contribution >= 4 is 11.8 Å². The molecule has 0 fully saturated rings. The molecule has 1 nitrogen and oxygen atoms in total. The minimum atomic E-state index is 0.637. The highest BCUT2D eigenvalue weighted by atomic mass is 32.2.